The highest BCUT2D eigenvalue weighted by atomic mass is 16.4. The molecule has 4 N–H and O–H groups in total. The number of fused-ring (bicyclic) bond motifs is 2. The standard InChI is InChI=1S/C40H31N7O6/c48-37-32(19-24-9-1-3-13-29(24)35(37)39(50)51)45-43-26-15-16-34(47(22-27-11-5-7-17-41-27)23-28-12-6-8-18-42-28)31(21-26)44-46-33-20-25-10-2-4-14-30(25)36(38(33)49)40(52)53/h2-8,10-21,48-49H,1,9,22-23H2,(H,50,51)(H,52,53). The lowest BCUT2D eigenvalue weighted by Gasteiger charge is -2.25. The van der Waals surface area contributed by atoms with E-state index in [4.69, 9.17) is 0 Å². The molecule has 0 amide bonds. The molecule has 53 heavy (non-hydrogen) atoms. The van der Waals surface area contributed by atoms with Crippen LogP contribution < -0.4 is 4.90 Å². The smallest absolute Gasteiger partial charge is 0.340 e. The van der Waals surface area contributed by atoms with Crippen LogP contribution in [0.3, 0.4) is 0 Å². The van der Waals surface area contributed by atoms with Gasteiger partial charge in [0.25, 0.3) is 0 Å². The first-order chi connectivity index (χ1) is 25.8. The molecule has 6 aromatic rings. The number of carbonyl (C=O) groups is 2. The number of carboxylic acid groups (broad SMARTS) is 2. The van der Waals surface area contributed by atoms with Crippen molar-refractivity contribution in [3.63, 3.8) is 0 Å². The number of allylic oxidation sites excluding steroid dienone is 1. The Morgan fingerprint density at radius 2 is 1.30 bits per heavy atom. The molecular formula is C40H31N7O6. The van der Waals surface area contributed by atoms with Crippen LogP contribution in [-0.2, 0) is 19.5 Å². The van der Waals surface area contributed by atoms with Gasteiger partial charge in [-0.05, 0) is 84.0 Å². The van der Waals surface area contributed by atoms with Gasteiger partial charge in [-0.2, -0.15) is 5.11 Å². The van der Waals surface area contributed by atoms with Crippen LogP contribution in [0.25, 0.3) is 16.8 Å². The number of azo groups is 2. The van der Waals surface area contributed by atoms with Crippen LogP contribution in [0.15, 0.2) is 130 Å². The Hall–Kier alpha value is -7.28. The van der Waals surface area contributed by atoms with Crippen LogP contribution in [0.1, 0.15) is 49.7 Å². The van der Waals surface area contributed by atoms with Crippen LogP contribution >= 0.6 is 0 Å². The molecule has 262 valence electrons. The molecule has 7 rings (SSSR count). The van der Waals surface area contributed by atoms with E-state index in [1.165, 1.54) is 0 Å². The minimum atomic E-state index is -1.32. The number of aryl methyl sites for hydroxylation is 1. The minimum Gasteiger partial charge on any atom is -0.505 e. The van der Waals surface area contributed by atoms with Crippen molar-refractivity contribution >= 4 is 57.2 Å². The molecule has 0 saturated carbocycles. The zero-order valence-electron chi connectivity index (χ0n) is 28.0. The molecule has 1 aliphatic rings. The SMILES string of the molecule is O=C(O)c1c(O)c(N=Nc2ccc(N(Cc3ccccn3)Cc3ccccn3)c(N=Nc3cc4ccccc4c(C(=O)O)c3O)c2)cc2c1C=CCC2. The van der Waals surface area contributed by atoms with Crippen molar-refractivity contribution in [1.82, 2.24) is 9.97 Å². The van der Waals surface area contributed by atoms with Crippen molar-refractivity contribution in [1.29, 1.82) is 0 Å². The molecule has 13 heteroatoms. The average Bonchev–Trinajstić information content (AvgIpc) is 3.16. The van der Waals surface area contributed by atoms with Crippen LogP contribution in [-0.4, -0.2) is 42.3 Å². The van der Waals surface area contributed by atoms with E-state index in [0.29, 0.717) is 47.2 Å². The van der Waals surface area contributed by atoms with E-state index in [1.807, 2.05) is 47.4 Å². The van der Waals surface area contributed by atoms with Crippen molar-refractivity contribution < 1.29 is 30.0 Å². The highest BCUT2D eigenvalue weighted by molar-refractivity contribution is 6.08. The van der Waals surface area contributed by atoms with Gasteiger partial charge in [-0.15, -0.1) is 15.3 Å². The maximum Gasteiger partial charge on any atom is 0.340 e. The van der Waals surface area contributed by atoms with Gasteiger partial charge < -0.3 is 25.3 Å². The van der Waals surface area contributed by atoms with E-state index in [-0.39, 0.29) is 28.2 Å². The van der Waals surface area contributed by atoms with Crippen molar-refractivity contribution in [2.24, 2.45) is 20.5 Å². The number of nitrogens with zero attached hydrogens (tertiary/aromatic N) is 7. The van der Waals surface area contributed by atoms with E-state index in [9.17, 15) is 30.0 Å². The van der Waals surface area contributed by atoms with Crippen LogP contribution in [0, 0.1) is 0 Å². The molecule has 13 nitrogen and oxygen atoms in total. The number of phenols is 2. The predicted octanol–water partition coefficient (Wildman–Crippen LogP) is 9.43. The van der Waals surface area contributed by atoms with Crippen molar-refractivity contribution in [3.8, 4) is 11.5 Å². The van der Waals surface area contributed by atoms with E-state index >= 15 is 0 Å². The summed E-state index contributed by atoms with van der Waals surface area (Å²) in [5.74, 6) is -3.63. The first kappa shape index (κ1) is 34.2. The summed E-state index contributed by atoms with van der Waals surface area (Å²) < 4.78 is 0. The fourth-order valence-electron chi connectivity index (χ4n) is 6.21. The van der Waals surface area contributed by atoms with Crippen molar-refractivity contribution in [2.45, 2.75) is 25.9 Å². The number of hydrogen-bond donors (Lipinski definition) is 4. The van der Waals surface area contributed by atoms with Crippen LogP contribution in [0.2, 0.25) is 0 Å². The summed E-state index contributed by atoms with van der Waals surface area (Å²) in [5.41, 5.74) is 3.26. The summed E-state index contributed by atoms with van der Waals surface area (Å²) in [5, 5.41) is 60.2. The Morgan fingerprint density at radius 3 is 1.98 bits per heavy atom. The fraction of sp³-hybridized carbons (Fsp3) is 0.100. The van der Waals surface area contributed by atoms with Gasteiger partial charge in [-0.3, -0.25) is 9.97 Å². The number of anilines is 1. The summed E-state index contributed by atoms with van der Waals surface area (Å²) in [7, 11) is 0. The molecule has 0 aliphatic heterocycles. The molecule has 0 fully saturated rings. The Morgan fingerprint density at radius 1 is 0.679 bits per heavy atom. The van der Waals surface area contributed by atoms with Crippen molar-refractivity contribution in [3.05, 3.63) is 143 Å². The average molecular weight is 706 g/mol. The lowest BCUT2D eigenvalue weighted by atomic mass is 9.91. The van der Waals surface area contributed by atoms with Gasteiger partial charge in [0.2, 0.25) is 0 Å². The quantitative estimate of drug-likeness (QED) is 0.0950. The number of benzene rings is 4. The van der Waals surface area contributed by atoms with Crippen LogP contribution in [0.4, 0.5) is 28.4 Å². The molecule has 0 spiro atoms. The van der Waals surface area contributed by atoms with E-state index in [1.54, 1.807) is 73.1 Å². The van der Waals surface area contributed by atoms with E-state index in [2.05, 4.69) is 30.4 Å². The third kappa shape index (κ3) is 7.30. The Kier molecular flexibility index (Phi) is 9.62. The normalized spacial score (nSPS) is 12.4. The zero-order chi connectivity index (χ0) is 36.9. The number of pyridine rings is 2. The molecule has 0 saturated heterocycles. The molecule has 2 aromatic heterocycles. The Labute approximate surface area is 302 Å². The number of hydrogen-bond acceptors (Lipinski definition) is 11. The summed E-state index contributed by atoms with van der Waals surface area (Å²) in [6, 6.07) is 26.2. The molecule has 0 radical (unpaired) electrons. The van der Waals surface area contributed by atoms with Gasteiger partial charge in [0, 0.05) is 17.8 Å². The first-order valence-electron chi connectivity index (χ1n) is 16.6. The maximum absolute atomic E-state index is 12.2. The summed E-state index contributed by atoms with van der Waals surface area (Å²) >= 11 is 0. The number of aromatic hydroxyl groups is 2. The number of aromatic carboxylic acids is 2. The number of carboxylic acids is 2. The monoisotopic (exact) mass is 705 g/mol. The van der Waals surface area contributed by atoms with Crippen molar-refractivity contribution in [2.75, 3.05) is 4.90 Å². The Balaban J connectivity index is 1.35. The molecule has 2 heterocycles. The minimum absolute atomic E-state index is 0.00193. The second kappa shape index (κ2) is 14.9. The highest BCUT2D eigenvalue weighted by Crippen LogP contribution is 2.42. The topological polar surface area (TPSA) is 194 Å². The fourth-order valence-corrected chi connectivity index (χ4v) is 6.21. The summed E-state index contributed by atoms with van der Waals surface area (Å²) in [6.45, 7) is 0.696. The van der Waals surface area contributed by atoms with Crippen LogP contribution in [0.5, 0.6) is 11.5 Å². The van der Waals surface area contributed by atoms with Gasteiger partial charge in [0.15, 0.2) is 11.5 Å². The lowest BCUT2D eigenvalue weighted by Crippen LogP contribution is -2.23. The molecule has 0 bridgehead atoms. The maximum atomic E-state index is 12.2. The molecule has 0 atom stereocenters. The van der Waals surface area contributed by atoms with Gasteiger partial charge in [0.1, 0.15) is 28.2 Å². The third-order valence-electron chi connectivity index (χ3n) is 8.70. The van der Waals surface area contributed by atoms with Gasteiger partial charge in [-0.1, -0.05) is 48.6 Å². The Bertz CT molecular complexity index is 2410. The molecular weight excluding hydrogens is 674 g/mol. The lowest BCUT2D eigenvalue weighted by molar-refractivity contribution is 0.0683. The number of rotatable bonds is 11. The molecule has 1 aliphatic carbocycles. The highest BCUT2D eigenvalue weighted by Gasteiger charge is 2.23. The van der Waals surface area contributed by atoms with E-state index < -0.39 is 23.4 Å². The van der Waals surface area contributed by atoms with E-state index in [0.717, 1.165) is 23.4 Å². The first-order valence-corrected chi connectivity index (χ1v) is 16.6. The van der Waals surface area contributed by atoms with Gasteiger partial charge >= 0.3 is 11.9 Å². The molecule has 4 aromatic carbocycles. The number of aromatic nitrogens is 2. The summed E-state index contributed by atoms with van der Waals surface area (Å²) in [4.78, 5) is 35.3. The second-order valence-electron chi connectivity index (χ2n) is 12.2. The van der Waals surface area contributed by atoms with Gasteiger partial charge in [0.05, 0.1) is 35.9 Å². The summed E-state index contributed by atoms with van der Waals surface area (Å²) in [6.07, 6.45) is 8.25. The predicted molar refractivity (Wildman–Crippen MR) is 198 cm³/mol. The van der Waals surface area contributed by atoms with Gasteiger partial charge in [-0.25, -0.2) is 9.59 Å². The molecule has 0 unspecified atom stereocenters. The largest absolute Gasteiger partial charge is 0.505 e. The third-order valence-corrected chi connectivity index (χ3v) is 8.70. The zero-order valence-corrected chi connectivity index (χ0v) is 28.0. The second-order valence-corrected chi connectivity index (χ2v) is 12.2.